The number of imidazole rings is 1. The summed E-state index contributed by atoms with van der Waals surface area (Å²) < 4.78 is 6.21. The van der Waals surface area contributed by atoms with Gasteiger partial charge in [-0.05, 0) is 47.5 Å². The number of urea groups is 1. The van der Waals surface area contributed by atoms with Gasteiger partial charge in [0.2, 0.25) is 0 Å². The Bertz CT molecular complexity index is 1510. The number of para-hydroxylation sites is 1. The van der Waals surface area contributed by atoms with Crippen molar-refractivity contribution in [1.29, 1.82) is 0 Å². The molecule has 170 valence electrons. The van der Waals surface area contributed by atoms with Crippen LogP contribution >= 0.6 is 15.9 Å². The van der Waals surface area contributed by atoms with Gasteiger partial charge in [0.1, 0.15) is 11.3 Å². The zero-order valence-electron chi connectivity index (χ0n) is 18.6. The summed E-state index contributed by atoms with van der Waals surface area (Å²) in [6.45, 7) is 2.12. The number of methoxy groups -OCH3 is 1. The lowest BCUT2D eigenvalue weighted by atomic mass is 9.89. The molecule has 2 aromatic heterocycles. The van der Waals surface area contributed by atoms with Gasteiger partial charge in [0.15, 0.2) is 0 Å². The molecule has 0 radical (unpaired) electrons. The van der Waals surface area contributed by atoms with Crippen molar-refractivity contribution in [2.24, 2.45) is 0 Å². The third-order valence-corrected chi connectivity index (χ3v) is 6.38. The quantitative estimate of drug-likeness (QED) is 0.243. The first-order valence-electron chi connectivity index (χ1n) is 10.8. The zero-order chi connectivity index (χ0) is 23.7. The van der Waals surface area contributed by atoms with Crippen LogP contribution in [0.2, 0.25) is 0 Å². The number of nitrogens with one attached hydrogen (secondary N) is 3. The van der Waals surface area contributed by atoms with Gasteiger partial charge in [0.05, 0.1) is 35.8 Å². The molecule has 0 aliphatic rings. The number of halogens is 1. The lowest BCUT2D eigenvalue weighted by Crippen LogP contribution is -2.21. The number of H-pyrrole nitrogens is 1. The van der Waals surface area contributed by atoms with Crippen LogP contribution in [-0.2, 0) is 0 Å². The Kier molecular flexibility index (Phi) is 5.90. The molecule has 1 atom stereocenters. The molecule has 0 fully saturated rings. The van der Waals surface area contributed by atoms with E-state index in [-0.39, 0.29) is 11.9 Å². The fourth-order valence-corrected chi connectivity index (χ4v) is 4.59. The largest absolute Gasteiger partial charge is 0.495 e. The van der Waals surface area contributed by atoms with Crippen LogP contribution in [-0.4, -0.2) is 28.1 Å². The van der Waals surface area contributed by atoms with Crippen LogP contribution < -0.4 is 15.4 Å². The third-order valence-electron chi connectivity index (χ3n) is 5.89. The maximum atomic E-state index is 13.1. The van der Waals surface area contributed by atoms with Gasteiger partial charge in [-0.25, -0.2) is 9.78 Å². The van der Waals surface area contributed by atoms with Crippen LogP contribution in [0.4, 0.5) is 16.2 Å². The fourth-order valence-electron chi connectivity index (χ4n) is 4.22. The standard InChI is InChI=1S/C26H22BrN5O2/c1-15(17-11-12-28-20-6-4-3-5-19(17)20)18-8-9-21-25(30-14-29-21)24(18)32-26(33)31-22-13-16(27)7-10-23(22)34-2/h3-15H,1-2H3,(H,29,30)(H2,31,32,33). The number of pyridine rings is 1. The highest BCUT2D eigenvalue weighted by molar-refractivity contribution is 9.10. The fraction of sp³-hybridized carbons (Fsp3) is 0.115. The second-order valence-electron chi connectivity index (χ2n) is 7.89. The number of rotatable bonds is 5. The molecule has 3 aromatic carbocycles. The number of anilines is 2. The van der Waals surface area contributed by atoms with Crippen molar-refractivity contribution in [1.82, 2.24) is 15.0 Å². The lowest BCUT2D eigenvalue weighted by Gasteiger charge is -2.20. The number of nitrogens with zero attached hydrogens (tertiary/aromatic N) is 2. The van der Waals surface area contributed by atoms with Crippen LogP contribution in [0.25, 0.3) is 21.9 Å². The molecule has 0 aliphatic heterocycles. The number of fused-ring (bicyclic) bond motifs is 2. The summed E-state index contributed by atoms with van der Waals surface area (Å²) in [7, 11) is 1.57. The van der Waals surface area contributed by atoms with E-state index in [0.29, 0.717) is 22.6 Å². The van der Waals surface area contributed by atoms with E-state index >= 15 is 0 Å². The van der Waals surface area contributed by atoms with Gasteiger partial charge in [-0.1, -0.05) is 47.1 Å². The number of hydrogen-bond acceptors (Lipinski definition) is 4. The highest BCUT2D eigenvalue weighted by Gasteiger charge is 2.20. The van der Waals surface area contributed by atoms with Gasteiger partial charge in [-0.15, -0.1) is 0 Å². The number of aromatic nitrogens is 3. The predicted molar refractivity (Wildman–Crippen MR) is 139 cm³/mol. The van der Waals surface area contributed by atoms with E-state index in [1.54, 1.807) is 25.6 Å². The maximum Gasteiger partial charge on any atom is 0.323 e. The highest BCUT2D eigenvalue weighted by Crippen LogP contribution is 2.37. The second kappa shape index (κ2) is 9.15. The van der Waals surface area contributed by atoms with Gasteiger partial charge in [0.25, 0.3) is 0 Å². The molecule has 2 amide bonds. The smallest absolute Gasteiger partial charge is 0.323 e. The van der Waals surface area contributed by atoms with Gasteiger partial charge in [0, 0.05) is 22.0 Å². The maximum absolute atomic E-state index is 13.1. The first-order valence-corrected chi connectivity index (χ1v) is 11.6. The molecule has 2 heterocycles. The zero-order valence-corrected chi connectivity index (χ0v) is 20.2. The molecular formula is C26H22BrN5O2. The van der Waals surface area contributed by atoms with Crippen LogP contribution in [0.3, 0.4) is 0 Å². The molecular weight excluding hydrogens is 494 g/mol. The summed E-state index contributed by atoms with van der Waals surface area (Å²) in [5, 5.41) is 7.01. The van der Waals surface area contributed by atoms with E-state index in [4.69, 9.17) is 4.74 Å². The Morgan fingerprint density at radius 3 is 2.74 bits per heavy atom. The van der Waals surface area contributed by atoms with E-state index in [1.165, 1.54) is 0 Å². The van der Waals surface area contributed by atoms with E-state index in [1.807, 2.05) is 48.7 Å². The highest BCUT2D eigenvalue weighted by atomic mass is 79.9. The van der Waals surface area contributed by atoms with E-state index in [0.717, 1.165) is 32.0 Å². The minimum absolute atomic E-state index is 0.0234. The Hall–Kier alpha value is -3.91. The molecule has 0 bridgehead atoms. The summed E-state index contributed by atoms with van der Waals surface area (Å²) in [4.78, 5) is 25.2. The Morgan fingerprint density at radius 2 is 1.88 bits per heavy atom. The van der Waals surface area contributed by atoms with E-state index in [9.17, 15) is 4.79 Å². The Balaban J connectivity index is 1.54. The lowest BCUT2D eigenvalue weighted by molar-refractivity contribution is 0.262. The summed E-state index contributed by atoms with van der Waals surface area (Å²) in [6, 6.07) is 19.1. The molecule has 8 heteroatoms. The third kappa shape index (κ3) is 4.08. The van der Waals surface area contributed by atoms with Crippen LogP contribution in [0.15, 0.2) is 77.7 Å². The van der Waals surface area contributed by atoms with Crippen LogP contribution in [0.1, 0.15) is 24.0 Å². The number of benzene rings is 3. The average Bonchev–Trinajstić information content (AvgIpc) is 3.33. The minimum atomic E-state index is -0.389. The van der Waals surface area contributed by atoms with Gasteiger partial charge < -0.3 is 20.4 Å². The summed E-state index contributed by atoms with van der Waals surface area (Å²) in [5.74, 6) is 0.540. The van der Waals surface area contributed by atoms with Crippen molar-refractivity contribution < 1.29 is 9.53 Å². The summed E-state index contributed by atoms with van der Waals surface area (Å²) in [5.41, 5.74) is 5.74. The van der Waals surface area contributed by atoms with Crippen LogP contribution in [0, 0.1) is 0 Å². The number of carbonyl (C=O) groups excluding carboxylic acids is 1. The summed E-state index contributed by atoms with van der Waals surface area (Å²) >= 11 is 3.44. The Morgan fingerprint density at radius 1 is 1.03 bits per heavy atom. The van der Waals surface area contributed by atoms with Crippen LogP contribution in [0.5, 0.6) is 5.75 Å². The van der Waals surface area contributed by atoms with Crippen molar-refractivity contribution in [3.8, 4) is 5.75 Å². The molecule has 0 saturated carbocycles. The first-order chi connectivity index (χ1) is 16.5. The van der Waals surface area contributed by atoms with E-state index < -0.39 is 0 Å². The monoisotopic (exact) mass is 515 g/mol. The molecule has 0 aliphatic carbocycles. The minimum Gasteiger partial charge on any atom is -0.495 e. The van der Waals surface area contributed by atoms with Gasteiger partial charge in [-0.2, -0.15) is 0 Å². The van der Waals surface area contributed by atoms with E-state index in [2.05, 4.69) is 54.5 Å². The number of amides is 2. The van der Waals surface area contributed by atoms with Crippen molar-refractivity contribution in [3.05, 3.63) is 88.8 Å². The number of hydrogen-bond donors (Lipinski definition) is 3. The number of aromatic amines is 1. The molecule has 1 unspecified atom stereocenters. The molecule has 34 heavy (non-hydrogen) atoms. The first kappa shape index (κ1) is 21.9. The average molecular weight is 516 g/mol. The number of carbonyl (C=O) groups is 1. The van der Waals surface area contributed by atoms with Gasteiger partial charge in [-0.3, -0.25) is 4.98 Å². The second-order valence-corrected chi connectivity index (χ2v) is 8.81. The molecule has 3 N–H and O–H groups in total. The van der Waals surface area contributed by atoms with Gasteiger partial charge >= 0.3 is 6.03 Å². The predicted octanol–water partition coefficient (Wildman–Crippen LogP) is 6.68. The van der Waals surface area contributed by atoms with Crippen molar-refractivity contribution in [3.63, 3.8) is 0 Å². The van der Waals surface area contributed by atoms with Crippen molar-refractivity contribution >= 4 is 55.3 Å². The molecule has 0 saturated heterocycles. The molecule has 7 nitrogen and oxygen atoms in total. The molecule has 5 aromatic rings. The Labute approximate surface area is 204 Å². The molecule has 0 spiro atoms. The normalized spacial score (nSPS) is 12.0. The number of ether oxygens (including phenoxy) is 1. The molecule has 5 rings (SSSR count). The van der Waals surface area contributed by atoms with Crippen molar-refractivity contribution in [2.75, 3.05) is 17.7 Å². The SMILES string of the molecule is COc1ccc(Br)cc1NC(=O)Nc1c(C(C)c2ccnc3ccccc23)ccc2[nH]cnc12. The topological polar surface area (TPSA) is 91.9 Å². The summed E-state index contributed by atoms with van der Waals surface area (Å²) in [6.07, 6.45) is 3.45. The van der Waals surface area contributed by atoms with Crippen molar-refractivity contribution in [2.45, 2.75) is 12.8 Å².